The lowest BCUT2D eigenvalue weighted by Crippen LogP contribution is -2.48. The lowest BCUT2D eigenvalue weighted by Gasteiger charge is -2.44. The zero-order valence-electron chi connectivity index (χ0n) is 19.6. The van der Waals surface area contributed by atoms with Crippen molar-refractivity contribution in [2.24, 2.45) is 5.73 Å². The highest BCUT2D eigenvalue weighted by Crippen LogP contribution is 2.48. The predicted molar refractivity (Wildman–Crippen MR) is 125 cm³/mol. The van der Waals surface area contributed by atoms with Gasteiger partial charge in [0.25, 0.3) is 0 Å². The molecule has 1 heterocycles. The highest BCUT2D eigenvalue weighted by molar-refractivity contribution is 6.77. The van der Waals surface area contributed by atoms with Crippen molar-refractivity contribution in [1.29, 1.82) is 0 Å². The minimum Gasteiger partial charge on any atom is -0.408 e. The summed E-state index contributed by atoms with van der Waals surface area (Å²) in [6.07, 6.45) is 4.01. The minimum absolute atomic E-state index is 0.181. The van der Waals surface area contributed by atoms with Gasteiger partial charge in [-0.3, -0.25) is 4.98 Å². The van der Waals surface area contributed by atoms with Gasteiger partial charge in [-0.25, -0.2) is 8.78 Å². The van der Waals surface area contributed by atoms with Crippen molar-refractivity contribution in [3.8, 4) is 11.1 Å². The van der Waals surface area contributed by atoms with Crippen LogP contribution in [0.5, 0.6) is 0 Å². The zero-order chi connectivity index (χ0) is 22.9. The quantitative estimate of drug-likeness (QED) is 0.370. The van der Waals surface area contributed by atoms with Crippen LogP contribution < -0.4 is 5.73 Å². The molecular formula is C25H36F2N2OSi. The Hall–Kier alpha value is -1.63. The molecular weight excluding hydrogens is 410 g/mol. The maximum absolute atomic E-state index is 14.7. The number of fused-ring (bicyclic) bond motifs is 1. The van der Waals surface area contributed by atoms with Crippen LogP contribution in [0.2, 0.25) is 16.6 Å². The molecule has 2 atom stereocenters. The Bertz CT molecular complexity index is 895. The van der Waals surface area contributed by atoms with Crippen LogP contribution in [0.1, 0.15) is 84.2 Å². The van der Waals surface area contributed by atoms with Gasteiger partial charge in [0.2, 0.25) is 8.32 Å². The molecule has 0 saturated heterocycles. The molecule has 2 unspecified atom stereocenters. The second-order valence-corrected chi connectivity index (χ2v) is 15.1. The van der Waals surface area contributed by atoms with E-state index >= 15 is 0 Å². The Morgan fingerprint density at radius 1 is 0.968 bits per heavy atom. The van der Waals surface area contributed by atoms with Crippen LogP contribution in [0.3, 0.4) is 0 Å². The molecule has 1 aromatic carbocycles. The van der Waals surface area contributed by atoms with Crippen LogP contribution in [0.15, 0.2) is 30.5 Å². The van der Waals surface area contributed by atoms with Gasteiger partial charge in [0.05, 0.1) is 11.8 Å². The predicted octanol–water partition coefficient (Wildman–Crippen LogP) is 7.44. The Morgan fingerprint density at radius 3 is 2.23 bits per heavy atom. The molecule has 1 aliphatic carbocycles. The fourth-order valence-electron chi connectivity index (χ4n) is 5.66. The van der Waals surface area contributed by atoms with Gasteiger partial charge in [-0.15, -0.1) is 0 Å². The molecule has 0 aliphatic heterocycles. The third-order valence-corrected chi connectivity index (χ3v) is 13.1. The van der Waals surface area contributed by atoms with Crippen molar-refractivity contribution in [2.75, 3.05) is 0 Å². The van der Waals surface area contributed by atoms with Gasteiger partial charge in [0, 0.05) is 23.4 Å². The van der Waals surface area contributed by atoms with E-state index in [1.54, 1.807) is 18.3 Å². The monoisotopic (exact) mass is 446 g/mol. The van der Waals surface area contributed by atoms with Crippen molar-refractivity contribution in [3.63, 3.8) is 0 Å². The normalized spacial score (nSPS) is 19.7. The van der Waals surface area contributed by atoms with Gasteiger partial charge >= 0.3 is 0 Å². The lowest BCUT2D eigenvalue weighted by atomic mass is 9.92. The van der Waals surface area contributed by atoms with Gasteiger partial charge in [-0.1, -0.05) is 53.7 Å². The van der Waals surface area contributed by atoms with E-state index in [4.69, 9.17) is 15.1 Å². The zero-order valence-corrected chi connectivity index (χ0v) is 20.6. The SMILES string of the molecule is CC(C)[Si](OC1CCCC(N)c2c(-c3cccc(F)c3F)ccnc21)(C(C)C)C(C)C. The van der Waals surface area contributed by atoms with E-state index in [2.05, 4.69) is 41.5 Å². The Labute approximate surface area is 186 Å². The molecule has 1 aliphatic rings. The van der Waals surface area contributed by atoms with Crippen molar-refractivity contribution < 1.29 is 13.2 Å². The van der Waals surface area contributed by atoms with Gasteiger partial charge in [0.1, 0.15) is 0 Å². The van der Waals surface area contributed by atoms with Gasteiger partial charge < -0.3 is 10.2 Å². The first kappa shape index (κ1) is 24.0. The number of halogens is 2. The molecule has 0 spiro atoms. The highest BCUT2D eigenvalue weighted by atomic mass is 28.4. The summed E-state index contributed by atoms with van der Waals surface area (Å²) in [4.78, 5) is 4.71. The first-order valence-corrected chi connectivity index (χ1v) is 13.6. The van der Waals surface area contributed by atoms with Crippen molar-refractivity contribution in [1.82, 2.24) is 4.98 Å². The molecule has 3 rings (SSSR count). The van der Waals surface area contributed by atoms with Crippen LogP contribution in [0.4, 0.5) is 8.78 Å². The summed E-state index contributed by atoms with van der Waals surface area (Å²) in [7, 11) is -2.16. The van der Waals surface area contributed by atoms with E-state index in [-0.39, 0.29) is 17.7 Å². The number of nitrogens with two attached hydrogens (primary N) is 1. The van der Waals surface area contributed by atoms with E-state index in [0.717, 1.165) is 36.6 Å². The standard InChI is InChI=1S/C25H36F2N2OSi/c1-15(2)31(16(3)4,17(5)6)30-22-12-8-11-21(28)23-18(13-14-29-25(22)23)19-9-7-10-20(26)24(19)27/h7,9-10,13-17,21-22H,8,11-12,28H2,1-6H3. The number of benzene rings is 1. The number of aromatic nitrogens is 1. The molecule has 0 radical (unpaired) electrons. The first-order chi connectivity index (χ1) is 14.6. The second kappa shape index (κ2) is 9.47. The molecule has 0 bridgehead atoms. The van der Waals surface area contributed by atoms with Gasteiger partial charge in [-0.2, -0.15) is 0 Å². The minimum atomic E-state index is -2.16. The molecule has 1 aromatic heterocycles. The molecule has 0 amide bonds. The molecule has 0 saturated carbocycles. The van der Waals surface area contributed by atoms with Crippen LogP contribution in [0, 0.1) is 11.6 Å². The van der Waals surface area contributed by atoms with Crippen LogP contribution >= 0.6 is 0 Å². The second-order valence-electron chi connectivity index (χ2n) is 9.72. The van der Waals surface area contributed by atoms with E-state index in [9.17, 15) is 8.78 Å². The van der Waals surface area contributed by atoms with Crippen LogP contribution in [0.25, 0.3) is 11.1 Å². The largest absolute Gasteiger partial charge is 0.408 e. The average molecular weight is 447 g/mol. The van der Waals surface area contributed by atoms with Crippen molar-refractivity contribution in [2.45, 2.75) is 89.6 Å². The topological polar surface area (TPSA) is 48.1 Å². The molecule has 6 heteroatoms. The van der Waals surface area contributed by atoms with Crippen molar-refractivity contribution in [3.05, 3.63) is 53.4 Å². The van der Waals surface area contributed by atoms with E-state index < -0.39 is 20.0 Å². The summed E-state index contributed by atoms with van der Waals surface area (Å²) in [6, 6.07) is 5.74. The Morgan fingerprint density at radius 2 is 1.61 bits per heavy atom. The third kappa shape index (κ3) is 4.35. The molecule has 2 N–H and O–H groups in total. The number of pyridine rings is 1. The first-order valence-electron chi connectivity index (χ1n) is 11.5. The van der Waals surface area contributed by atoms with Gasteiger partial charge in [0.15, 0.2) is 11.6 Å². The molecule has 2 aromatic rings. The van der Waals surface area contributed by atoms with E-state index in [1.165, 1.54) is 6.07 Å². The molecule has 170 valence electrons. The summed E-state index contributed by atoms with van der Waals surface area (Å²) in [5, 5.41) is 0. The lowest BCUT2D eigenvalue weighted by molar-refractivity contribution is 0.161. The van der Waals surface area contributed by atoms with E-state index in [0.29, 0.717) is 22.2 Å². The summed E-state index contributed by atoms with van der Waals surface area (Å²) in [5.41, 5.74) is 10.4. The summed E-state index contributed by atoms with van der Waals surface area (Å²) >= 11 is 0. The molecule has 31 heavy (non-hydrogen) atoms. The Kier molecular flexibility index (Phi) is 7.34. The summed E-state index contributed by atoms with van der Waals surface area (Å²) in [6.45, 7) is 13.6. The fourth-order valence-corrected chi connectivity index (χ4v) is 11.2. The van der Waals surface area contributed by atoms with Crippen molar-refractivity contribution >= 4 is 8.32 Å². The van der Waals surface area contributed by atoms with Crippen LogP contribution in [-0.4, -0.2) is 13.3 Å². The number of hydrogen-bond acceptors (Lipinski definition) is 3. The molecule has 0 fully saturated rings. The number of hydrogen-bond donors (Lipinski definition) is 1. The smallest absolute Gasteiger partial charge is 0.201 e. The maximum atomic E-state index is 14.7. The summed E-state index contributed by atoms with van der Waals surface area (Å²) in [5.74, 6) is -1.70. The molecule has 3 nitrogen and oxygen atoms in total. The maximum Gasteiger partial charge on any atom is 0.201 e. The Balaban J connectivity index is 2.17. The van der Waals surface area contributed by atoms with E-state index in [1.807, 2.05) is 0 Å². The number of nitrogens with zero attached hydrogens (tertiary/aromatic N) is 1. The highest BCUT2D eigenvalue weighted by Gasteiger charge is 2.47. The third-order valence-electron chi connectivity index (χ3n) is 6.97. The average Bonchev–Trinajstić information content (AvgIpc) is 2.86. The number of rotatable bonds is 6. The summed E-state index contributed by atoms with van der Waals surface area (Å²) < 4.78 is 35.8. The van der Waals surface area contributed by atoms with Crippen LogP contribution in [-0.2, 0) is 4.43 Å². The van der Waals surface area contributed by atoms with Gasteiger partial charge in [-0.05, 0) is 53.6 Å². The fraction of sp³-hybridized carbons (Fsp3) is 0.560.